The third-order valence-corrected chi connectivity index (χ3v) is 3.37. The van der Waals surface area contributed by atoms with E-state index in [0.717, 1.165) is 23.4 Å². The van der Waals surface area contributed by atoms with Gasteiger partial charge in [-0.05, 0) is 18.6 Å². The average Bonchev–Trinajstić information content (AvgIpc) is 2.39. The molecule has 20 heavy (non-hydrogen) atoms. The maximum Gasteiger partial charge on any atom is 0.251 e. The minimum Gasteiger partial charge on any atom is -0.382 e. The first kappa shape index (κ1) is 14.3. The van der Waals surface area contributed by atoms with E-state index in [9.17, 15) is 4.79 Å². The van der Waals surface area contributed by atoms with Gasteiger partial charge in [-0.25, -0.2) is 4.98 Å². The van der Waals surface area contributed by atoms with E-state index in [0.29, 0.717) is 10.9 Å². The molecule has 4 N–H and O–H groups in total. The quantitative estimate of drug-likeness (QED) is 0.439. The van der Waals surface area contributed by atoms with Gasteiger partial charge in [0.25, 0.3) is 5.56 Å². The van der Waals surface area contributed by atoms with Gasteiger partial charge in [-0.3, -0.25) is 15.2 Å². The molecule has 2 aromatic rings. The maximum absolute atomic E-state index is 11.6. The monoisotopic (exact) mass is 289 g/mol. The van der Waals surface area contributed by atoms with E-state index in [-0.39, 0.29) is 11.4 Å². The van der Waals surface area contributed by atoms with Crippen LogP contribution in [0.1, 0.15) is 24.7 Å². The van der Waals surface area contributed by atoms with E-state index in [4.69, 9.17) is 11.1 Å². The molecule has 0 amide bonds. The summed E-state index contributed by atoms with van der Waals surface area (Å²) in [4.78, 5) is 23.5. The van der Waals surface area contributed by atoms with E-state index in [2.05, 4.69) is 15.0 Å². The fourth-order valence-corrected chi connectivity index (χ4v) is 2.41. The van der Waals surface area contributed by atoms with Crippen molar-refractivity contribution in [3.8, 4) is 0 Å². The van der Waals surface area contributed by atoms with Crippen molar-refractivity contribution in [2.24, 2.45) is 5.73 Å². The standard InChI is InChI=1S/C13H15N5OS/c1-2-3-8-6-11(19)18-13(17-8)20-9-4-5-10(12(14)15)16-7-9/h4-7H,2-3H2,1H3,(H3,14,15)(H,17,18,19). The van der Waals surface area contributed by atoms with Crippen LogP contribution in [0, 0.1) is 5.41 Å². The molecule has 2 rings (SSSR count). The van der Waals surface area contributed by atoms with E-state index < -0.39 is 0 Å². The first-order chi connectivity index (χ1) is 9.58. The van der Waals surface area contributed by atoms with Crippen LogP contribution in [-0.4, -0.2) is 20.8 Å². The first-order valence-electron chi connectivity index (χ1n) is 6.17. The summed E-state index contributed by atoms with van der Waals surface area (Å²) in [6.07, 6.45) is 3.32. The number of nitrogens with zero attached hydrogens (tertiary/aromatic N) is 2. The molecule has 0 saturated carbocycles. The van der Waals surface area contributed by atoms with Crippen molar-refractivity contribution in [1.29, 1.82) is 5.41 Å². The number of hydrogen-bond donors (Lipinski definition) is 3. The number of aromatic nitrogens is 3. The normalized spacial score (nSPS) is 10.4. The fraction of sp³-hybridized carbons (Fsp3) is 0.231. The second kappa shape index (κ2) is 6.33. The predicted molar refractivity (Wildman–Crippen MR) is 78.2 cm³/mol. The van der Waals surface area contributed by atoms with Crippen molar-refractivity contribution in [3.05, 3.63) is 46.1 Å². The number of nitrogens with one attached hydrogen (secondary N) is 2. The van der Waals surface area contributed by atoms with Gasteiger partial charge in [0, 0.05) is 22.9 Å². The van der Waals surface area contributed by atoms with Crippen LogP contribution < -0.4 is 11.3 Å². The van der Waals surface area contributed by atoms with Crippen LogP contribution in [0.5, 0.6) is 0 Å². The highest BCUT2D eigenvalue weighted by Crippen LogP contribution is 2.23. The van der Waals surface area contributed by atoms with Gasteiger partial charge in [-0.1, -0.05) is 25.1 Å². The van der Waals surface area contributed by atoms with E-state index >= 15 is 0 Å². The number of rotatable bonds is 5. The van der Waals surface area contributed by atoms with Crippen molar-refractivity contribution in [3.63, 3.8) is 0 Å². The number of H-pyrrole nitrogens is 1. The molecule has 0 fully saturated rings. The Morgan fingerprint density at radius 1 is 1.50 bits per heavy atom. The van der Waals surface area contributed by atoms with Gasteiger partial charge in [-0.15, -0.1) is 0 Å². The van der Waals surface area contributed by atoms with E-state index in [1.807, 2.05) is 6.92 Å². The van der Waals surface area contributed by atoms with Gasteiger partial charge in [0.1, 0.15) is 11.5 Å². The molecule has 2 heterocycles. The van der Waals surface area contributed by atoms with Crippen molar-refractivity contribution in [1.82, 2.24) is 15.0 Å². The lowest BCUT2D eigenvalue weighted by Crippen LogP contribution is -2.12. The van der Waals surface area contributed by atoms with Gasteiger partial charge in [0.15, 0.2) is 5.16 Å². The number of amidine groups is 1. The van der Waals surface area contributed by atoms with E-state index in [1.165, 1.54) is 17.8 Å². The lowest BCUT2D eigenvalue weighted by atomic mass is 10.2. The zero-order chi connectivity index (χ0) is 14.5. The molecule has 0 atom stereocenters. The molecule has 0 unspecified atom stereocenters. The van der Waals surface area contributed by atoms with Crippen LogP contribution >= 0.6 is 11.8 Å². The minimum absolute atomic E-state index is 0.0713. The summed E-state index contributed by atoms with van der Waals surface area (Å²) < 4.78 is 0. The molecule has 0 aliphatic carbocycles. The molecule has 0 saturated heterocycles. The van der Waals surface area contributed by atoms with Crippen LogP contribution in [0.25, 0.3) is 0 Å². The van der Waals surface area contributed by atoms with Crippen molar-refractivity contribution >= 4 is 17.6 Å². The Balaban J connectivity index is 2.20. The van der Waals surface area contributed by atoms with Gasteiger partial charge < -0.3 is 10.7 Å². The van der Waals surface area contributed by atoms with Crippen LogP contribution in [0.3, 0.4) is 0 Å². The highest BCUT2D eigenvalue weighted by molar-refractivity contribution is 7.99. The van der Waals surface area contributed by atoms with Crippen LogP contribution in [0.15, 0.2) is 39.2 Å². The average molecular weight is 289 g/mol. The second-order valence-electron chi connectivity index (χ2n) is 4.19. The number of nitrogens with two attached hydrogens (primary N) is 1. The molecular formula is C13H15N5OS. The number of aryl methyl sites for hydroxylation is 1. The third-order valence-electron chi connectivity index (χ3n) is 2.51. The molecule has 104 valence electrons. The summed E-state index contributed by atoms with van der Waals surface area (Å²) in [6, 6.07) is 4.98. The van der Waals surface area contributed by atoms with Gasteiger partial charge in [0.2, 0.25) is 0 Å². The zero-order valence-corrected chi connectivity index (χ0v) is 11.8. The lowest BCUT2D eigenvalue weighted by Gasteiger charge is -2.04. The minimum atomic E-state index is -0.153. The number of aromatic amines is 1. The molecule has 0 radical (unpaired) electrons. The Morgan fingerprint density at radius 3 is 2.90 bits per heavy atom. The van der Waals surface area contributed by atoms with Crippen LogP contribution in [0.4, 0.5) is 0 Å². The molecule has 0 aliphatic rings. The third kappa shape index (κ3) is 3.67. The summed E-state index contributed by atoms with van der Waals surface area (Å²) in [5, 5.41) is 7.82. The summed E-state index contributed by atoms with van der Waals surface area (Å²) >= 11 is 1.32. The summed E-state index contributed by atoms with van der Waals surface area (Å²) in [5.41, 5.74) is 6.40. The molecule has 0 aromatic carbocycles. The molecule has 0 spiro atoms. The van der Waals surface area contributed by atoms with Gasteiger partial charge >= 0.3 is 0 Å². The Labute approximate surface area is 120 Å². The van der Waals surface area contributed by atoms with Crippen molar-refractivity contribution in [2.45, 2.75) is 29.8 Å². The highest BCUT2D eigenvalue weighted by Gasteiger charge is 2.05. The Kier molecular flexibility index (Phi) is 4.52. The predicted octanol–water partition coefficient (Wildman–Crippen LogP) is 1.55. The van der Waals surface area contributed by atoms with Crippen LogP contribution in [-0.2, 0) is 6.42 Å². The van der Waals surface area contributed by atoms with Crippen molar-refractivity contribution < 1.29 is 0 Å². The Hall–Kier alpha value is -2.15. The smallest absolute Gasteiger partial charge is 0.251 e. The molecule has 7 heteroatoms. The summed E-state index contributed by atoms with van der Waals surface area (Å²) in [6.45, 7) is 2.04. The largest absolute Gasteiger partial charge is 0.382 e. The zero-order valence-electron chi connectivity index (χ0n) is 11.0. The summed E-state index contributed by atoms with van der Waals surface area (Å²) in [5.74, 6) is -0.0713. The van der Waals surface area contributed by atoms with Crippen molar-refractivity contribution in [2.75, 3.05) is 0 Å². The lowest BCUT2D eigenvalue weighted by molar-refractivity contribution is 0.816. The molecule has 0 bridgehead atoms. The fourth-order valence-electron chi connectivity index (χ4n) is 1.63. The maximum atomic E-state index is 11.6. The Bertz CT molecular complexity index is 665. The molecular weight excluding hydrogens is 274 g/mol. The molecule has 6 nitrogen and oxygen atoms in total. The SMILES string of the molecule is CCCc1cc(=O)[nH]c(Sc2ccc(C(=N)N)nc2)n1. The van der Waals surface area contributed by atoms with Gasteiger partial charge in [0.05, 0.1) is 0 Å². The number of hydrogen-bond acceptors (Lipinski definition) is 5. The second-order valence-corrected chi connectivity index (χ2v) is 5.25. The molecule has 0 aliphatic heterocycles. The van der Waals surface area contributed by atoms with Gasteiger partial charge in [-0.2, -0.15) is 0 Å². The number of nitrogen functional groups attached to an aromatic ring is 1. The number of pyridine rings is 1. The molecule has 2 aromatic heterocycles. The summed E-state index contributed by atoms with van der Waals surface area (Å²) in [7, 11) is 0. The first-order valence-corrected chi connectivity index (χ1v) is 6.98. The van der Waals surface area contributed by atoms with Crippen LogP contribution in [0.2, 0.25) is 0 Å². The van der Waals surface area contributed by atoms with E-state index in [1.54, 1.807) is 18.3 Å². The topological polar surface area (TPSA) is 109 Å². The highest BCUT2D eigenvalue weighted by atomic mass is 32.2. The Morgan fingerprint density at radius 2 is 2.30 bits per heavy atom.